The Morgan fingerprint density at radius 2 is 1.84 bits per heavy atom. The van der Waals surface area contributed by atoms with Gasteiger partial charge in [0.05, 0.1) is 25.4 Å². The second-order valence-corrected chi connectivity index (χ2v) is 7.98. The number of hydrogen-bond donors (Lipinski definition) is 1. The summed E-state index contributed by atoms with van der Waals surface area (Å²) in [4.78, 5) is 29.1. The third-order valence-corrected chi connectivity index (χ3v) is 6.00. The van der Waals surface area contributed by atoms with E-state index in [1.54, 1.807) is 18.1 Å². The lowest BCUT2D eigenvalue weighted by atomic mass is 10.0. The average Bonchev–Trinajstić information content (AvgIpc) is 3.33. The van der Waals surface area contributed by atoms with Crippen LogP contribution >= 0.6 is 0 Å². The molecule has 0 bridgehead atoms. The van der Waals surface area contributed by atoms with Crippen LogP contribution in [0, 0.1) is 0 Å². The number of carbonyl (C=O) groups is 2. The number of benzene rings is 2. The molecule has 2 atom stereocenters. The minimum atomic E-state index is -0.742. The zero-order valence-corrected chi connectivity index (χ0v) is 18.0. The predicted molar refractivity (Wildman–Crippen MR) is 118 cm³/mol. The molecule has 1 N–H and O–H groups in total. The number of ether oxygens (including phenoxy) is 2. The monoisotopic (exact) mass is 423 g/mol. The third kappa shape index (κ3) is 4.66. The van der Waals surface area contributed by atoms with Gasteiger partial charge in [0.2, 0.25) is 5.91 Å². The van der Waals surface area contributed by atoms with Gasteiger partial charge in [-0.15, -0.1) is 0 Å². The van der Waals surface area contributed by atoms with Crippen LogP contribution in [0.5, 0.6) is 11.5 Å². The van der Waals surface area contributed by atoms with Crippen molar-refractivity contribution in [3.8, 4) is 11.5 Å². The maximum absolute atomic E-state index is 13.0. The van der Waals surface area contributed by atoms with E-state index in [4.69, 9.17) is 9.47 Å². The highest BCUT2D eigenvalue weighted by molar-refractivity contribution is 5.95. The van der Waals surface area contributed by atoms with E-state index in [1.165, 1.54) is 6.92 Å². The van der Waals surface area contributed by atoms with E-state index >= 15 is 0 Å². The first-order valence-electron chi connectivity index (χ1n) is 10.8. The van der Waals surface area contributed by atoms with Crippen molar-refractivity contribution in [3.63, 3.8) is 0 Å². The molecule has 2 aromatic carbocycles. The fourth-order valence-electron chi connectivity index (χ4n) is 4.32. The number of amides is 2. The van der Waals surface area contributed by atoms with Gasteiger partial charge in [-0.2, -0.15) is 0 Å². The molecule has 1 saturated heterocycles. The SMILES string of the molecule is COc1ccc([C@@H](CNC(=O)[C@H]2CN(C(C)=O)c3ccccc3O2)N2CCCC2)cc1. The Bertz CT molecular complexity index is 925. The first-order valence-corrected chi connectivity index (χ1v) is 10.8. The Labute approximate surface area is 182 Å². The molecule has 0 saturated carbocycles. The van der Waals surface area contributed by atoms with Gasteiger partial charge in [-0.05, 0) is 55.8 Å². The third-order valence-electron chi connectivity index (χ3n) is 6.00. The summed E-state index contributed by atoms with van der Waals surface area (Å²) in [5.74, 6) is 1.04. The van der Waals surface area contributed by atoms with E-state index in [1.807, 2.05) is 30.3 Å². The van der Waals surface area contributed by atoms with Crippen molar-refractivity contribution in [2.24, 2.45) is 0 Å². The van der Waals surface area contributed by atoms with Gasteiger partial charge in [0.25, 0.3) is 5.91 Å². The molecule has 0 radical (unpaired) electrons. The van der Waals surface area contributed by atoms with Crippen LogP contribution in [0.4, 0.5) is 5.69 Å². The van der Waals surface area contributed by atoms with Crippen molar-refractivity contribution in [2.45, 2.75) is 31.9 Å². The summed E-state index contributed by atoms with van der Waals surface area (Å²) >= 11 is 0. The molecule has 164 valence electrons. The minimum absolute atomic E-state index is 0.0807. The molecule has 0 aromatic heterocycles. The number of likely N-dealkylation sites (tertiary alicyclic amines) is 1. The van der Waals surface area contributed by atoms with Gasteiger partial charge in [-0.1, -0.05) is 24.3 Å². The summed E-state index contributed by atoms with van der Waals surface area (Å²) in [7, 11) is 1.65. The topological polar surface area (TPSA) is 71.1 Å². The highest BCUT2D eigenvalue weighted by atomic mass is 16.5. The van der Waals surface area contributed by atoms with Crippen LogP contribution in [0.15, 0.2) is 48.5 Å². The normalized spacial score (nSPS) is 19.3. The Balaban J connectivity index is 1.47. The molecule has 7 nitrogen and oxygen atoms in total. The van der Waals surface area contributed by atoms with Gasteiger partial charge < -0.3 is 19.7 Å². The smallest absolute Gasteiger partial charge is 0.263 e. The molecule has 2 aliphatic rings. The van der Waals surface area contributed by atoms with E-state index < -0.39 is 6.10 Å². The molecule has 1 fully saturated rings. The summed E-state index contributed by atoms with van der Waals surface area (Å²) in [6, 6.07) is 15.4. The molecule has 31 heavy (non-hydrogen) atoms. The lowest BCUT2D eigenvalue weighted by Gasteiger charge is -2.34. The van der Waals surface area contributed by atoms with Crippen molar-refractivity contribution in [1.82, 2.24) is 10.2 Å². The van der Waals surface area contributed by atoms with Crippen molar-refractivity contribution in [1.29, 1.82) is 0 Å². The summed E-state index contributed by atoms with van der Waals surface area (Å²) in [5, 5.41) is 3.07. The number of nitrogens with one attached hydrogen (secondary N) is 1. The van der Waals surface area contributed by atoms with Crippen molar-refractivity contribution in [2.75, 3.05) is 38.2 Å². The highest BCUT2D eigenvalue weighted by Crippen LogP contribution is 2.33. The minimum Gasteiger partial charge on any atom is -0.497 e. The van der Waals surface area contributed by atoms with Crippen LogP contribution < -0.4 is 19.7 Å². The van der Waals surface area contributed by atoms with Crippen LogP contribution in [-0.4, -0.2) is 56.1 Å². The molecular weight excluding hydrogens is 394 g/mol. The van der Waals surface area contributed by atoms with E-state index in [2.05, 4.69) is 22.3 Å². The number of para-hydroxylation sites is 2. The number of hydrogen-bond acceptors (Lipinski definition) is 5. The van der Waals surface area contributed by atoms with Gasteiger partial charge in [-0.3, -0.25) is 14.5 Å². The number of methoxy groups -OCH3 is 1. The Kier molecular flexibility index (Phi) is 6.42. The summed E-state index contributed by atoms with van der Waals surface area (Å²) in [5.41, 5.74) is 1.84. The van der Waals surface area contributed by atoms with Crippen molar-refractivity contribution in [3.05, 3.63) is 54.1 Å². The van der Waals surface area contributed by atoms with Gasteiger partial charge in [0.1, 0.15) is 11.5 Å². The van der Waals surface area contributed by atoms with Gasteiger partial charge in [0.15, 0.2) is 6.10 Å². The van der Waals surface area contributed by atoms with Gasteiger partial charge in [-0.25, -0.2) is 0 Å². The van der Waals surface area contributed by atoms with Crippen LogP contribution in [0.2, 0.25) is 0 Å². The average molecular weight is 424 g/mol. The Hall–Kier alpha value is -3.06. The van der Waals surface area contributed by atoms with Crippen LogP contribution in [0.25, 0.3) is 0 Å². The van der Waals surface area contributed by atoms with Gasteiger partial charge >= 0.3 is 0 Å². The van der Waals surface area contributed by atoms with E-state index in [9.17, 15) is 9.59 Å². The molecule has 2 aromatic rings. The van der Waals surface area contributed by atoms with Gasteiger partial charge in [0, 0.05) is 13.5 Å². The maximum atomic E-state index is 13.0. The van der Waals surface area contributed by atoms with Crippen LogP contribution in [0.3, 0.4) is 0 Å². The van der Waals surface area contributed by atoms with Crippen molar-refractivity contribution < 1.29 is 19.1 Å². The van der Waals surface area contributed by atoms with E-state index in [0.717, 1.165) is 37.2 Å². The number of nitrogens with zero attached hydrogens (tertiary/aromatic N) is 2. The summed E-state index contributed by atoms with van der Waals surface area (Å²) in [6.45, 7) is 4.21. The Morgan fingerprint density at radius 3 is 2.52 bits per heavy atom. The number of carbonyl (C=O) groups excluding carboxylic acids is 2. The zero-order chi connectivity index (χ0) is 21.8. The van der Waals surface area contributed by atoms with Crippen molar-refractivity contribution >= 4 is 17.5 Å². The first-order chi connectivity index (χ1) is 15.1. The molecular formula is C24H29N3O4. The lowest BCUT2D eigenvalue weighted by molar-refractivity contribution is -0.128. The van der Waals surface area contributed by atoms with E-state index in [-0.39, 0.29) is 24.4 Å². The molecule has 0 aliphatic carbocycles. The predicted octanol–water partition coefficient (Wildman–Crippen LogP) is 2.76. The molecule has 4 rings (SSSR count). The summed E-state index contributed by atoms with van der Waals surface area (Å²) in [6.07, 6.45) is 1.59. The second kappa shape index (κ2) is 9.39. The second-order valence-electron chi connectivity index (χ2n) is 7.98. The molecule has 7 heteroatoms. The fourth-order valence-corrected chi connectivity index (χ4v) is 4.32. The number of anilines is 1. The number of fused-ring (bicyclic) bond motifs is 1. The number of rotatable bonds is 6. The summed E-state index contributed by atoms with van der Waals surface area (Å²) < 4.78 is 11.2. The first kappa shape index (κ1) is 21.2. The molecule has 2 amide bonds. The standard InChI is InChI=1S/C24H29N3O4/c1-17(28)27-16-23(31-22-8-4-3-7-20(22)27)24(29)25-15-21(26-13-5-6-14-26)18-9-11-19(30-2)12-10-18/h3-4,7-12,21,23H,5-6,13-16H2,1-2H3,(H,25,29)/t21-,23-/m1/s1. The Morgan fingerprint density at radius 1 is 1.13 bits per heavy atom. The molecule has 0 unspecified atom stereocenters. The highest BCUT2D eigenvalue weighted by Gasteiger charge is 2.33. The maximum Gasteiger partial charge on any atom is 0.263 e. The van der Waals surface area contributed by atoms with Crippen LogP contribution in [-0.2, 0) is 9.59 Å². The van der Waals surface area contributed by atoms with Crippen LogP contribution in [0.1, 0.15) is 31.4 Å². The molecule has 0 spiro atoms. The lowest BCUT2D eigenvalue weighted by Crippen LogP contribution is -2.51. The quantitative estimate of drug-likeness (QED) is 0.774. The molecule has 2 heterocycles. The van der Waals surface area contributed by atoms with E-state index in [0.29, 0.717) is 18.0 Å². The zero-order valence-electron chi connectivity index (χ0n) is 18.0. The fraction of sp³-hybridized carbons (Fsp3) is 0.417. The largest absolute Gasteiger partial charge is 0.497 e. The molecule has 2 aliphatic heterocycles.